The fourth-order valence-corrected chi connectivity index (χ4v) is 4.36. The number of carbonyl (C=O) groups is 1. The first-order chi connectivity index (χ1) is 9.19. The van der Waals surface area contributed by atoms with Crippen molar-refractivity contribution in [2.24, 2.45) is 5.41 Å². The van der Waals surface area contributed by atoms with E-state index in [0.29, 0.717) is 19.4 Å². The summed E-state index contributed by atoms with van der Waals surface area (Å²) >= 11 is 0. The molecule has 1 aliphatic rings. The van der Waals surface area contributed by atoms with Crippen LogP contribution in [0, 0.1) is 5.41 Å². The zero-order chi connectivity index (χ0) is 15.4. The number of nitrogens with zero attached hydrogens (tertiary/aromatic N) is 1. The zero-order valence-corrected chi connectivity index (χ0v) is 13.9. The molecule has 0 spiro atoms. The predicted octanol–water partition coefficient (Wildman–Crippen LogP) is 1.74. The van der Waals surface area contributed by atoms with Crippen molar-refractivity contribution < 1.29 is 13.2 Å². The lowest BCUT2D eigenvalue weighted by molar-refractivity contribution is -0.120. The van der Waals surface area contributed by atoms with Crippen LogP contribution in [0.3, 0.4) is 0 Å². The lowest BCUT2D eigenvalue weighted by atomic mass is 9.77. The minimum absolute atomic E-state index is 0.0461. The lowest BCUT2D eigenvalue weighted by Gasteiger charge is -2.35. The first-order valence-electron chi connectivity index (χ1n) is 7.35. The quantitative estimate of drug-likeness (QED) is 0.813. The van der Waals surface area contributed by atoms with Gasteiger partial charge in [0.1, 0.15) is 0 Å². The fourth-order valence-electron chi connectivity index (χ4n) is 2.64. The van der Waals surface area contributed by atoms with E-state index in [9.17, 15) is 13.2 Å². The SMILES string of the molecule is CNC(=O)CCCN(C)S(=O)(=O)C1CCC(C)(C)CC1. The second-order valence-electron chi connectivity index (χ2n) is 6.51. The maximum Gasteiger partial charge on any atom is 0.219 e. The van der Waals surface area contributed by atoms with Crippen LogP contribution in [0.15, 0.2) is 0 Å². The molecule has 1 rings (SSSR count). The number of hydrogen-bond donors (Lipinski definition) is 1. The van der Waals surface area contributed by atoms with Gasteiger partial charge in [0.2, 0.25) is 15.9 Å². The van der Waals surface area contributed by atoms with Gasteiger partial charge in [-0.3, -0.25) is 4.79 Å². The Bertz CT molecular complexity index is 422. The van der Waals surface area contributed by atoms with Gasteiger partial charge in [0, 0.05) is 27.1 Å². The summed E-state index contributed by atoms with van der Waals surface area (Å²) in [6.07, 6.45) is 4.35. The highest BCUT2D eigenvalue weighted by Gasteiger charge is 2.36. The first kappa shape index (κ1) is 17.4. The summed E-state index contributed by atoms with van der Waals surface area (Å²) in [6.45, 7) is 4.81. The Morgan fingerprint density at radius 1 is 1.30 bits per heavy atom. The van der Waals surface area contributed by atoms with Gasteiger partial charge in [-0.25, -0.2) is 12.7 Å². The zero-order valence-electron chi connectivity index (χ0n) is 13.1. The average molecular weight is 304 g/mol. The summed E-state index contributed by atoms with van der Waals surface area (Å²) in [6, 6.07) is 0. The maximum atomic E-state index is 12.5. The Hall–Kier alpha value is -0.620. The van der Waals surface area contributed by atoms with Gasteiger partial charge in [0.05, 0.1) is 5.25 Å². The highest BCUT2D eigenvalue weighted by molar-refractivity contribution is 7.89. The van der Waals surface area contributed by atoms with Gasteiger partial charge in [-0.15, -0.1) is 0 Å². The number of amides is 1. The third-order valence-corrected chi connectivity index (χ3v) is 6.66. The molecule has 0 aromatic heterocycles. The van der Waals surface area contributed by atoms with Gasteiger partial charge in [0.25, 0.3) is 0 Å². The highest BCUT2D eigenvalue weighted by Crippen LogP contribution is 2.38. The predicted molar refractivity (Wildman–Crippen MR) is 80.9 cm³/mol. The van der Waals surface area contributed by atoms with Crippen molar-refractivity contribution in [1.29, 1.82) is 0 Å². The van der Waals surface area contributed by atoms with E-state index < -0.39 is 10.0 Å². The van der Waals surface area contributed by atoms with Crippen molar-refractivity contribution in [1.82, 2.24) is 9.62 Å². The van der Waals surface area contributed by atoms with Gasteiger partial charge >= 0.3 is 0 Å². The number of rotatable bonds is 6. The van der Waals surface area contributed by atoms with Gasteiger partial charge in [-0.2, -0.15) is 0 Å². The van der Waals surface area contributed by atoms with E-state index in [0.717, 1.165) is 25.7 Å². The van der Waals surface area contributed by atoms with E-state index in [1.165, 1.54) is 4.31 Å². The molecule has 0 unspecified atom stereocenters. The lowest BCUT2D eigenvalue weighted by Crippen LogP contribution is -2.40. The number of hydrogen-bond acceptors (Lipinski definition) is 3. The summed E-state index contributed by atoms with van der Waals surface area (Å²) in [5.74, 6) is -0.0461. The van der Waals surface area contributed by atoms with E-state index in [4.69, 9.17) is 0 Å². The summed E-state index contributed by atoms with van der Waals surface area (Å²) in [5, 5.41) is 2.29. The van der Waals surface area contributed by atoms with Crippen molar-refractivity contribution in [3.63, 3.8) is 0 Å². The van der Waals surface area contributed by atoms with E-state index >= 15 is 0 Å². The molecule has 1 saturated carbocycles. The van der Waals surface area contributed by atoms with Crippen molar-refractivity contribution in [2.75, 3.05) is 20.6 Å². The molecule has 0 aromatic carbocycles. The molecule has 0 aromatic rings. The molecule has 1 amide bonds. The van der Waals surface area contributed by atoms with Gasteiger partial charge < -0.3 is 5.32 Å². The fraction of sp³-hybridized carbons (Fsp3) is 0.929. The summed E-state index contributed by atoms with van der Waals surface area (Å²) in [4.78, 5) is 11.1. The van der Waals surface area contributed by atoms with Crippen LogP contribution in [0.4, 0.5) is 0 Å². The van der Waals surface area contributed by atoms with Crippen LogP contribution < -0.4 is 5.32 Å². The van der Waals surface area contributed by atoms with E-state index in [1.807, 2.05) is 0 Å². The molecule has 0 radical (unpaired) electrons. The summed E-state index contributed by atoms with van der Waals surface area (Å²) in [5.41, 5.74) is 0.268. The normalized spacial score (nSPS) is 20.1. The van der Waals surface area contributed by atoms with Crippen molar-refractivity contribution in [3.8, 4) is 0 Å². The Labute approximate surface area is 123 Å². The van der Waals surface area contributed by atoms with Crippen LogP contribution in [0.5, 0.6) is 0 Å². The molecule has 1 aliphatic carbocycles. The number of carbonyl (C=O) groups excluding carboxylic acids is 1. The highest BCUT2D eigenvalue weighted by atomic mass is 32.2. The third-order valence-electron chi connectivity index (χ3n) is 4.30. The molecule has 20 heavy (non-hydrogen) atoms. The standard InChI is InChI=1S/C14H28N2O3S/c1-14(2)9-7-12(8-10-14)20(18,19)16(4)11-5-6-13(17)15-3/h12H,5-11H2,1-4H3,(H,15,17). The molecule has 5 nitrogen and oxygen atoms in total. The second-order valence-corrected chi connectivity index (χ2v) is 8.83. The smallest absolute Gasteiger partial charge is 0.219 e. The van der Waals surface area contributed by atoms with Gasteiger partial charge in [0.15, 0.2) is 0 Å². The Balaban J connectivity index is 2.49. The van der Waals surface area contributed by atoms with Crippen LogP contribution in [-0.4, -0.2) is 44.5 Å². The van der Waals surface area contributed by atoms with Crippen LogP contribution in [0.25, 0.3) is 0 Å². The van der Waals surface area contributed by atoms with Gasteiger partial charge in [-0.05, 0) is 37.5 Å². The van der Waals surface area contributed by atoms with Gasteiger partial charge in [-0.1, -0.05) is 13.8 Å². The molecule has 1 N–H and O–H groups in total. The minimum Gasteiger partial charge on any atom is -0.359 e. The Kier molecular flexibility index (Phi) is 6.01. The molecule has 6 heteroatoms. The molecule has 118 valence electrons. The van der Waals surface area contributed by atoms with Crippen molar-refractivity contribution in [2.45, 2.75) is 57.6 Å². The van der Waals surface area contributed by atoms with Crippen LogP contribution in [0.2, 0.25) is 0 Å². The topological polar surface area (TPSA) is 66.5 Å². The summed E-state index contributed by atoms with van der Waals surface area (Å²) < 4.78 is 26.4. The van der Waals surface area contributed by atoms with E-state index in [-0.39, 0.29) is 16.6 Å². The molecular formula is C14H28N2O3S. The first-order valence-corrected chi connectivity index (χ1v) is 8.85. The van der Waals surface area contributed by atoms with E-state index in [2.05, 4.69) is 19.2 Å². The summed E-state index contributed by atoms with van der Waals surface area (Å²) in [7, 11) is -0.00147. The van der Waals surface area contributed by atoms with Crippen LogP contribution in [0.1, 0.15) is 52.4 Å². The van der Waals surface area contributed by atoms with Crippen molar-refractivity contribution in [3.05, 3.63) is 0 Å². The Morgan fingerprint density at radius 2 is 1.85 bits per heavy atom. The molecule has 0 heterocycles. The monoisotopic (exact) mass is 304 g/mol. The minimum atomic E-state index is -3.22. The Morgan fingerprint density at radius 3 is 2.35 bits per heavy atom. The number of sulfonamides is 1. The van der Waals surface area contributed by atoms with Crippen LogP contribution in [-0.2, 0) is 14.8 Å². The average Bonchev–Trinajstić information content (AvgIpc) is 2.37. The maximum absolute atomic E-state index is 12.5. The molecule has 0 aliphatic heterocycles. The van der Waals surface area contributed by atoms with Crippen molar-refractivity contribution >= 4 is 15.9 Å². The molecule has 0 atom stereocenters. The molecule has 0 bridgehead atoms. The molecular weight excluding hydrogens is 276 g/mol. The number of nitrogens with one attached hydrogen (secondary N) is 1. The third kappa shape index (κ3) is 4.74. The second kappa shape index (κ2) is 6.89. The largest absolute Gasteiger partial charge is 0.359 e. The molecule has 1 fully saturated rings. The van der Waals surface area contributed by atoms with E-state index in [1.54, 1.807) is 14.1 Å². The molecule has 0 saturated heterocycles. The van der Waals surface area contributed by atoms with Crippen LogP contribution >= 0.6 is 0 Å².